The second kappa shape index (κ2) is 5.30. The van der Waals surface area contributed by atoms with E-state index in [1.54, 1.807) is 6.07 Å². The van der Waals surface area contributed by atoms with Crippen LogP contribution in [0, 0.1) is 10.1 Å². The van der Waals surface area contributed by atoms with Gasteiger partial charge in [-0.2, -0.15) is 0 Å². The molecule has 0 amide bonds. The maximum atomic E-state index is 10.6. The highest BCUT2D eigenvalue weighted by Crippen LogP contribution is 2.25. The van der Waals surface area contributed by atoms with Gasteiger partial charge in [-0.25, -0.2) is 4.98 Å². The zero-order valence-corrected chi connectivity index (χ0v) is 10.5. The molecule has 1 fully saturated rings. The quantitative estimate of drug-likeness (QED) is 0.651. The predicted molar refractivity (Wildman–Crippen MR) is 69.5 cm³/mol. The Morgan fingerprint density at radius 1 is 1.56 bits per heavy atom. The highest BCUT2D eigenvalue weighted by atomic mass is 16.6. The first-order valence-corrected chi connectivity index (χ1v) is 6.22. The van der Waals surface area contributed by atoms with Crippen molar-refractivity contribution in [3.05, 3.63) is 28.4 Å². The lowest BCUT2D eigenvalue weighted by atomic mass is 9.97. The van der Waals surface area contributed by atoms with Crippen molar-refractivity contribution in [3.8, 4) is 0 Å². The third-order valence-corrected chi connectivity index (χ3v) is 3.39. The van der Waals surface area contributed by atoms with E-state index in [9.17, 15) is 10.1 Å². The molecule has 2 N–H and O–H groups in total. The first-order valence-electron chi connectivity index (χ1n) is 6.22. The molecule has 1 aromatic rings. The summed E-state index contributed by atoms with van der Waals surface area (Å²) in [6.45, 7) is 2.91. The fourth-order valence-electron chi connectivity index (χ4n) is 2.44. The van der Waals surface area contributed by atoms with Crippen molar-refractivity contribution < 1.29 is 4.92 Å². The summed E-state index contributed by atoms with van der Waals surface area (Å²) in [7, 11) is 0. The minimum absolute atomic E-state index is 0.0214. The van der Waals surface area contributed by atoms with Gasteiger partial charge in [-0.1, -0.05) is 0 Å². The van der Waals surface area contributed by atoms with E-state index in [2.05, 4.69) is 9.88 Å². The monoisotopic (exact) mass is 250 g/mol. The maximum absolute atomic E-state index is 10.6. The number of nitrogens with zero attached hydrogens (tertiary/aromatic N) is 3. The number of hydrogen-bond acceptors (Lipinski definition) is 5. The number of rotatable bonds is 3. The molecule has 2 rings (SSSR count). The van der Waals surface area contributed by atoms with Gasteiger partial charge in [-0.3, -0.25) is 10.1 Å². The Balaban J connectivity index is 2.20. The minimum atomic E-state index is -0.435. The average Bonchev–Trinajstić information content (AvgIpc) is 2.39. The summed E-state index contributed by atoms with van der Waals surface area (Å²) in [4.78, 5) is 16.5. The van der Waals surface area contributed by atoms with Gasteiger partial charge in [-0.05, 0) is 32.3 Å². The molecule has 1 aliphatic rings. The van der Waals surface area contributed by atoms with Crippen LogP contribution in [0.25, 0.3) is 0 Å². The molecule has 98 valence electrons. The first kappa shape index (κ1) is 12.8. The van der Waals surface area contributed by atoms with E-state index >= 15 is 0 Å². The number of hydrogen-bond donors (Lipinski definition) is 1. The zero-order chi connectivity index (χ0) is 13.1. The summed E-state index contributed by atoms with van der Waals surface area (Å²) in [5.74, 6) is 0.780. The van der Waals surface area contributed by atoms with Crippen LogP contribution < -0.4 is 10.6 Å². The smallest absolute Gasteiger partial charge is 0.287 e. The molecule has 1 aliphatic heterocycles. The number of nitro groups is 1. The van der Waals surface area contributed by atoms with E-state index < -0.39 is 4.92 Å². The topological polar surface area (TPSA) is 85.3 Å². The molecule has 6 heteroatoms. The minimum Gasteiger partial charge on any atom is -0.352 e. The number of pyridine rings is 1. The van der Waals surface area contributed by atoms with E-state index in [1.165, 1.54) is 18.7 Å². The SMILES string of the molecule is CC(N)C1CCCCN1c1ccc([N+](=O)[O-])cn1. The van der Waals surface area contributed by atoms with Crippen molar-refractivity contribution in [1.82, 2.24) is 4.98 Å². The zero-order valence-electron chi connectivity index (χ0n) is 10.5. The van der Waals surface area contributed by atoms with Gasteiger partial charge < -0.3 is 10.6 Å². The van der Waals surface area contributed by atoms with Crippen LogP contribution in [0.5, 0.6) is 0 Å². The number of anilines is 1. The number of piperidine rings is 1. The molecular weight excluding hydrogens is 232 g/mol. The molecule has 0 spiro atoms. The highest BCUT2D eigenvalue weighted by Gasteiger charge is 2.26. The Hall–Kier alpha value is -1.69. The molecule has 1 saturated heterocycles. The molecular formula is C12H18N4O2. The molecule has 6 nitrogen and oxygen atoms in total. The van der Waals surface area contributed by atoms with Crippen molar-refractivity contribution >= 4 is 11.5 Å². The molecule has 2 atom stereocenters. The Kier molecular flexibility index (Phi) is 3.76. The molecule has 0 radical (unpaired) electrons. The standard InChI is InChI=1S/C12H18N4O2/c1-9(13)11-4-2-3-7-15(11)12-6-5-10(8-14-12)16(17)18/h5-6,8-9,11H,2-4,7,13H2,1H3. The van der Waals surface area contributed by atoms with Gasteiger partial charge >= 0.3 is 0 Å². The van der Waals surface area contributed by atoms with Crippen LogP contribution in [0.4, 0.5) is 11.5 Å². The highest BCUT2D eigenvalue weighted by molar-refractivity contribution is 5.44. The van der Waals surface area contributed by atoms with Gasteiger partial charge in [0.15, 0.2) is 0 Å². The molecule has 2 unspecified atom stereocenters. The van der Waals surface area contributed by atoms with Crippen molar-refractivity contribution in [3.63, 3.8) is 0 Å². The van der Waals surface area contributed by atoms with E-state index in [-0.39, 0.29) is 17.8 Å². The van der Waals surface area contributed by atoms with Gasteiger partial charge in [0.25, 0.3) is 5.69 Å². The average molecular weight is 250 g/mol. The van der Waals surface area contributed by atoms with E-state index in [4.69, 9.17) is 5.73 Å². The van der Waals surface area contributed by atoms with E-state index in [1.807, 2.05) is 6.92 Å². The van der Waals surface area contributed by atoms with Gasteiger partial charge in [0, 0.05) is 24.7 Å². The summed E-state index contributed by atoms with van der Waals surface area (Å²) >= 11 is 0. The third-order valence-electron chi connectivity index (χ3n) is 3.39. The normalized spacial score (nSPS) is 21.7. The first-order chi connectivity index (χ1) is 8.59. The Morgan fingerprint density at radius 3 is 2.89 bits per heavy atom. The van der Waals surface area contributed by atoms with Crippen molar-refractivity contribution in [2.45, 2.75) is 38.3 Å². The van der Waals surface area contributed by atoms with Crippen LogP contribution in [-0.2, 0) is 0 Å². The van der Waals surface area contributed by atoms with Gasteiger partial charge in [0.1, 0.15) is 12.0 Å². The Morgan fingerprint density at radius 2 is 2.33 bits per heavy atom. The van der Waals surface area contributed by atoms with Gasteiger partial charge in [0.05, 0.1) is 4.92 Å². The summed E-state index contributed by atoms with van der Waals surface area (Å²) in [5, 5.41) is 10.6. The van der Waals surface area contributed by atoms with Gasteiger partial charge in [0.2, 0.25) is 0 Å². The van der Waals surface area contributed by atoms with Gasteiger partial charge in [-0.15, -0.1) is 0 Å². The predicted octanol–water partition coefficient (Wildman–Crippen LogP) is 1.70. The molecule has 1 aromatic heterocycles. The van der Waals surface area contributed by atoms with Crippen LogP contribution >= 0.6 is 0 Å². The van der Waals surface area contributed by atoms with Crippen LogP contribution in [0.15, 0.2) is 18.3 Å². The summed E-state index contributed by atoms with van der Waals surface area (Å²) < 4.78 is 0. The van der Waals surface area contributed by atoms with Crippen LogP contribution in [0.1, 0.15) is 26.2 Å². The van der Waals surface area contributed by atoms with E-state index in [0.29, 0.717) is 0 Å². The largest absolute Gasteiger partial charge is 0.352 e. The van der Waals surface area contributed by atoms with Crippen LogP contribution in [-0.4, -0.2) is 28.5 Å². The van der Waals surface area contributed by atoms with Crippen molar-refractivity contribution in [2.75, 3.05) is 11.4 Å². The van der Waals surface area contributed by atoms with Crippen LogP contribution in [0.3, 0.4) is 0 Å². The molecule has 0 saturated carbocycles. The fraction of sp³-hybridized carbons (Fsp3) is 0.583. The molecule has 2 heterocycles. The van der Waals surface area contributed by atoms with E-state index in [0.717, 1.165) is 25.2 Å². The summed E-state index contributed by atoms with van der Waals surface area (Å²) in [6.07, 6.45) is 4.65. The molecule has 18 heavy (non-hydrogen) atoms. The third kappa shape index (κ3) is 2.59. The Bertz CT molecular complexity index is 419. The second-order valence-electron chi connectivity index (χ2n) is 4.75. The molecule has 0 bridgehead atoms. The lowest BCUT2D eigenvalue weighted by Crippen LogP contribution is -2.49. The summed E-state index contributed by atoms with van der Waals surface area (Å²) in [6, 6.07) is 3.54. The molecule has 0 aliphatic carbocycles. The lowest BCUT2D eigenvalue weighted by molar-refractivity contribution is -0.385. The second-order valence-corrected chi connectivity index (χ2v) is 4.75. The van der Waals surface area contributed by atoms with Crippen molar-refractivity contribution in [2.24, 2.45) is 5.73 Å². The molecule has 0 aromatic carbocycles. The summed E-state index contributed by atoms with van der Waals surface area (Å²) in [5.41, 5.74) is 6.02. The maximum Gasteiger partial charge on any atom is 0.287 e. The number of nitrogens with two attached hydrogens (primary N) is 1. The van der Waals surface area contributed by atoms with Crippen molar-refractivity contribution in [1.29, 1.82) is 0 Å². The fourth-order valence-corrected chi connectivity index (χ4v) is 2.44. The lowest BCUT2D eigenvalue weighted by Gasteiger charge is -2.38. The Labute approximate surface area is 106 Å². The number of aromatic nitrogens is 1. The van der Waals surface area contributed by atoms with Crippen LogP contribution in [0.2, 0.25) is 0 Å².